The van der Waals surface area contributed by atoms with Crippen LogP contribution in [0.3, 0.4) is 0 Å². The van der Waals surface area contributed by atoms with Crippen molar-refractivity contribution < 1.29 is 24.9 Å². The van der Waals surface area contributed by atoms with E-state index in [2.05, 4.69) is 0 Å². The molecule has 3 N–H and O–H groups in total. The highest BCUT2D eigenvalue weighted by Gasteiger charge is 2.14. The van der Waals surface area contributed by atoms with Gasteiger partial charge in [-0.1, -0.05) is 13.8 Å². The summed E-state index contributed by atoms with van der Waals surface area (Å²) in [5, 5.41) is 27.6. The maximum absolute atomic E-state index is 11.5. The molecule has 0 aliphatic rings. The number of aromatic hydroxyl groups is 3. The molecule has 0 aliphatic heterocycles. The van der Waals surface area contributed by atoms with Gasteiger partial charge in [-0.2, -0.15) is 0 Å². The molecule has 0 aromatic heterocycles. The maximum atomic E-state index is 11.5. The van der Waals surface area contributed by atoms with Crippen LogP contribution in [0.1, 0.15) is 30.6 Å². The van der Waals surface area contributed by atoms with Crippen LogP contribution in [0.2, 0.25) is 0 Å². The largest absolute Gasteiger partial charge is 0.504 e. The van der Waals surface area contributed by atoms with Gasteiger partial charge in [-0.25, -0.2) is 4.79 Å². The van der Waals surface area contributed by atoms with Gasteiger partial charge >= 0.3 is 5.97 Å². The van der Waals surface area contributed by atoms with Gasteiger partial charge in [0.15, 0.2) is 17.2 Å². The molecule has 5 nitrogen and oxygen atoms in total. The van der Waals surface area contributed by atoms with Crippen LogP contribution in [0.25, 0.3) is 0 Å². The number of hydrogen-bond acceptors (Lipinski definition) is 5. The van der Waals surface area contributed by atoms with Crippen molar-refractivity contribution in [3.05, 3.63) is 17.7 Å². The van der Waals surface area contributed by atoms with Crippen LogP contribution in [0.15, 0.2) is 12.1 Å². The van der Waals surface area contributed by atoms with Crippen molar-refractivity contribution in [1.29, 1.82) is 0 Å². The summed E-state index contributed by atoms with van der Waals surface area (Å²) in [7, 11) is 0. The minimum atomic E-state index is -0.649. The fraction of sp³-hybridized carbons (Fsp3) is 0.417. The van der Waals surface area contributed by atoms with Crippen molar-refractivity contribution >= 4 is 5.97 Å². The number of rotatable bonds is 4. The fourth-order valence-corrected chi connectivity index (χ4v) is 1.19. The first-order valence-electron chi connectivity index (χ1n) is 5.34. The molecule has 17 heavy (non-hydrogen) atoms. The quantitative estimate of drug-likeness (QED) is 0.553. The molecule has 1 aromatic rings. The monoisotopic (exact) mass is 240 g/mol. The van der Waals surface area contributed by atoms with E-state index in [-0.39, 0.29) is 12.2 Å². The van der Waals surface area contributed by atoms with Crippen molar-refractivity contribution in [2.75, 3.05) is 6.61 Å². The number of phenolic OH excluding ortho intramolecular Hbond substituents is 3. The van der Waals surface area contributed by atoms with E-state index < -0.39 is 23.2 Å². The Bertz CT molecular complexity index is 388. The third-order valence-corrected chi connectivity index (χ3v) is 2.23. The Morgan fingerprint density at radius 3 is 2.24 bits per heavy atom. The van der Waals surface area contributed by atoms with Crippen LogP contribution >= 0.6 is 0 Å². The van der Waals surface area contributed by atoms with Gasteiger partial charge in [-0.3, -0.25) is 0 Å². The minimum absolute atomic E-state index is 0.00144. The van der Waals surface area contributed by atoms with Crippen molar-refractivity contribution in [1.82, 2.24) is 0 Å². The molecule has 94 valence electrons. The number of esters is 1. The Kier molecular flexibility index (Phi) is 4.20. The van der Waals surface area contributed by atoms with Gasteiger partial charge in [0, 0.05) is 0 Å². The van der Waals surface area contributed by atoms with E-state index in [0.29, 0.717) is 5.92 Å². The van der Waals surface area contributed by atoms with Gasteiger partial charge in [0.05, 0.1) is 12.2 Å². The molecule has 0 fully saturated rings. The first-order chi connectivity index (χ1) is 7.91. The Morgan fingerprint density at radius 2 is 1.76 bits per heavy atom. The Hall–Kier alpha value is -1.91. The van der Waals surface area contributed by atoms with E-state index in [4.69, 9.17) is 9.84 Å². The zero-order valence-electron chi connectivity index (χ0n) is 9.80. The van der Waals surface area contributed by atoms with E-state index >= 15 is 0 Å². The summed E-state index contributed by atoms with van der Waals surface area (Å²) in [6.45, 7) is 4.29. The lowest BCUT2D eigenvalue weighted by Crippen LogP contribution is -2.08. The number of ether oxygens (including phenoxy) is 1. The zero-order chi connectivity index (χ0) is 13.0. The molecule has 1 rings (SSSR count). The van der Waals surface area contributed by atoms with Crippen molar-refractivity contribution in [3.63, 3.8) is 0 Å². The number of benzene rings is 1. The van der Waals surface area contributed by atoms with Crippen LogP contribution in [0, 0.1) is 5.92 Å². The van der Waals surface area contributed by atoms with Gasteiger partial charge in [-0.15, -0.1) is 0 Å². The van der Waals surface area contributed by atoms with Crippen LogP contribution in [-0.4, -0.2) is 27.9 Å². The predicted molar refractivity (Wildman–Crippen MR) is 61.2 cm³/mol. The van der Waals surface area contributed by atoms with Gasteiger partial charge < -0.3 is 20.1 Å². The second-order valence-electron chi connectivity index (χ2n) is 4.18. The Labute approximate surface area is 99.3 Å². The lowest BCUT2D eigenvalue weighted by molar-refractivity contribution is 0.0487. The van der Waals surface area contributed by atoms with E-state index in [1.165, 1.54) is 0 Å². The molecule has 0 saturated heterocycles. The molecule has 0 radical (unpaired) electrons. The molecule has 0 heterocycles. The summed E-state index contributed by atoms with van der Waals surface area (Å²) in [5.74, 6) is -1.98. The lowest BCUT2D eigenvalue weighted by atomic mass is 10.1. The second-order valence-corrected chi connectivity index (χ2v) is 4.18. The van der Waals surface area contributed by atoms with Gasteiger partial charge in [-0.05, 0) is 24.5 Å². The first kappa shape index (κ1) is 13.2. The average molecular weight is 240 g/mol. The van der Waals surface area contributed by atoms with Crippen molar-refractivity contribution in [3.8, 4) is 17.2 Å². The van der Waals surface area contributed by atoms with Crippen LogP contribution in [0.5, 0.6) is 17.2 Å². The minimum Gasteiger partial charge on any atom is -0.504 e. The summed E-state index contributed by atoms with van der Waals surface area (Å²) >= 11 is 0. The van der Waals surface area contributed by atoms with Crippen LogP contribution < -0.4 is 0 Å². The normalized spacial score (nSPS) is 10.5. The predicted octanol–water partition coefficient (Wildman–Crippen LogP) is 2.01. The number of carbonyl (C=O) groups excluding carboxylic acids is 1. The highest BCUT2D eigenvalue weighted by atomic mass is 16.5. The summed E-state index contributed by atoms with van der Waals surface area (Å²) in [6.07, 6.45) is 0.738. The highest BCUT2D eigenvalue weighted by molar-refractivity contribution is 5.91. The molecule has 0 spiro atoms. The van der Waals surface area contributed by atoms with Gasteiger partial charge in [0.2, 0.25) is 0 Å². The van der Waals surface area contributed by atoms with Gasteiger partial charge in [0.25, 0.3) is 0 Å². The number of hydrogen-bond donors (Lipinski definition) is 3. The smallest absolute Gasteiger partial charge is 0.338 e. The molecule has 0 aliphatic carbocycles. The molecule has 0 unspecified atom stereocenters. The topological polar surface area (TPSA) is 87.0 Å². The van der Waals surface area contributed by atoms with Crippen molar-refractivity contribution in [2.45, 2.75) is 20.3 Å². The number of carbonyl (C=O) groups is 1. The summed E-state index contributed by atoms with van der Waals surface area (Å²) in [4.78, 5) is 11.5. The van der Waals surface area contributed by atoms with E-state index in [9.17, 15) is 15.0 Å². The molecule has 0 amide bonds. The molecular weight excluding hydrogens is 224 g/mol. The van der Waals surface area contributed by atoms with E-state index in [1.54, 1.807) is 0 Å². The lowest BCUT2D eigenvalue weighted by Gasteiger charge is -2.08. The first-order valence-corrected chi connectivity index (χ1v) is 5.34. The standard InChI is InChI=1S/C12H16O5/c1-7(2)3-4-17-12(16)8-5-9(13)11(15)10(14)6-8/h5-7,13-15H,3-4H2,1-2H3. The molecule has 0 saturated carbocycles. The Balaban J connectivity index is 2.70. The Morgan fingerprint density at radius 1 is 1.24 bits per heavy atom. The maximum Gasteiger partial charge on any atom is 0.338 e. The molecule has 0 atom stereocenters. The van der Waals surface area contributed by atoms with E-state index in [1.807, 2.05) is 13.8 Å². The van der Waals surface area contributed by atoms with Gasteiger partial charge in [0.1, 0.15) is 0 Å². The highest BCUT2D eigenvalue weighted by Crippen LogP contribution is 2.35. The van der Waals surface area contributed by atoms with Crippen LogP contribution in [-0.2, 0) is 4.74 Å². The zero-order valence-corrected chi connectivity index (χ0v) is 9.80. The molecule has 0 bridgehead atoms. The molecular formula is C12H16O5. The van der Waals surface area contributed by atoms with Crippen LogP contribution in [0.4, 0.5) is 0 Å². The third kappa shape index (κ3) is 3.55. The average Bonchev–Trinajstić information content (AvgIpc) is 2.24. The number of phenols is 3. The second kappa shape index (κ2) is 5.43. The summed E-state index contributed by atoms with van der Waals surface area (Å²) in [6, 6.07) is 2.10. The van der Waals surface area contributed by atoms with E-state index in [0.717, 1.165) is 18.6 Å². The fourth-order valence-electron chi connectivity index (χ4n) is 1.19. The third-order valence-electron chi connectivity index (χ3n) is 2.23. The molecule has 5 heteroatoms. The van der Waals surface area contributed by atoms with Crippen molar-refractivity contribution in [2.24, 2.45) is 5.92 Å². The summed E-state index contributed by atoms with van der Waals surface area (Å²) < 4.78 is 4.95. The SMILES string of the molecule is CC(C)CCOC(=O)c1cc(O)c(O)c(O)c1. The molecule has 1 aromatic carbocycles. The summed E-state index contributed by atoms with van der Waals surface area (Å²) in [5.41, 5.74) is 0.00144.